The van der Waals surface area contributed by atoms with Crippen molar-refractivity contribution in [3.8, 4) is 0 Å². The van der Waals surface area contributed by atoms with Crippen LogP contribution in [0.2, 0.25) is 0 Å². The quantitative estimate of drug-likeness (QED) is 0.574. The van der Waals surface area contributed by atoms with Crippen molar-refractivity contribution in [3.05, 3.63) is 0 Å². The van der Waals surface area contributed by atoms with Crippen LogP contribution in [0.25, 0.3) is 0 Å². The Morgan fingerprint density at radius 2 is 1.55 bits per heavy atom. The molecule has 0 aliphatic rings. The van der Waals surface area contributed by atoms with Crippen molar-refractivity contribution >= 4 is 11.9 Å². The highest BCUT2D eigenvalue weighted by Gasteiger charge is 2.17. The van der Waals surface area contributed by atoms with Crippen molar-refractivity contribution in [2.75, 3.05) is 6.61 Å². The molecule has 0 rings (SSSR count). The third-order valence-corrected chi connectivity index (χ3v) is 3.53. The Bertz CT molecular complexity index is 286. The second kappa shape index (κ2) is 10.7. The highest BCUT2D eigenvalue weighted by molar-refractivity contribution is 5.77. The normalized spacial score (nSPS) is 13.9. The molecule has 4 nitrogen and oxygen atoms in total. The number of ether oxygens (including phenoxy) is 2. The second-order valence-electron chi connectivity index (χ2n) is 5.70. The number of carbonyl (C=O) groups is 2. The Kier molecular flexibility index (Phi) is 10.1. The smallest absolute Gasteiger partial charge is 0.306 e. The van der Waals surface area contributed by atoms with Gasteiger partial charge < -0.3 is 9.47 Å². The maximum absolute atomic E-state index is 11.6. The minimum absolute atomic E-state index is 0.0658. The third kappa shape index (κ3) is 8.94. The molecule has 0 aliphatic carbocycles. The van der Waals surface area contributed by atoms with Crippen LogP contribution >= 0.6 is 0 Å². The summed E-state index contributed by atoms with van der Waals surface area (Å²) in [5.41, 5.74) is 0. The molecule has 4 heteroatoms. The van der Waals surface area contributed by atoms with E-state index in [0.717, 1.165) is 19.3 Å². The Hall–Kier alpha value is -1.06. The van der Waals surface area contributed by atoms with Crippen LogP contribution in [-0.4, -0.2) is 24.6 Å². The van der Waals surface area contributed by atoms with Gasteiger partial charge in [-0.2, -0.15) is 0 Å². The fourth-order valence-electron chi connectivity index (χ4n) is 1.77. The number of rotatable bonds is 10. The first-order valence-corrected chi connectivity index (χ1v) is 7.75. The average Bonchev–Trinajstić information content (AvgIpc) is 2.41. The van der Waals surface area contributed by atoms with Crippen molar-refractivity contribution < 1.29 is 19.1 Å². The molecule has 0 spiro atoms. The van der Waals surface area contributed by atoms with Crippen molar-refractivity contribution in [2.24, 2.45) is 11.8 Å². The van der Waals surface area contributed by atoms with E-state index in [2.05, 4.69) is 13.8 Å². The van der Waals surface area contributed by atoms with E-state index in [9.17, 15) is 9.59 Å². The zero-order valence-corrected chi connectivity index (χ0v) is 13.6. The molecule has 0 radical (unpaired) electrons. The molecule has 0 amide bonds. The summed E-state index contributed by atoms with van der Waals surface area (Å²) >= 11 is 0. The minimum Gasteiger partial charge on any atom is -0.466 e. The molecule has 2 atom stereocenters. The maximum Gasteiger partial charge on any atom is 0.306 e. The molecule has 0 saturated carbocycles. The monoisotopic (exact) mass is 286 g/mol. The first kappa shape index (κ1) is 18.9. The van der Waals surface area contributed by atoms with Gasteiger partial charge in [-0.1, -0.05) is 41.0 Å². The average molecular weight is 286 g/mol. The predicted octanol–water partition coefficient (Wildman–Crippen LogP) is 3.72. The summed E-state index contributed by atoms with van der Waals surface area (Å²) in [7, 11) is 0. The van der Waals surface area contributed by atoms with E-state index in [1.54, 1.807) is 0 Å². The summed E-state index contributed by atoms with van der Waals surface area (Å²) in [6.07, 6.45) is 2.89. The molecule has 0 aliphatic heterocycles. The fourth-order valence-corrected chi connectivity index (χ4v) is 1.77. The first-order valence-electron chi connectivity index (χ1n) is 7.75. The van der Waals surface area contributed by atoms with Gasteiger partial charge in [-0.25, -0.2) is 0 Å². The molecule has 118 valence electrons. The zero-order valence-electron chi connectivity index (χ0n) is 13.6. The van der Waals surface area contributed by atoms with Gasteiger partial charge in [0.25, 0.3) is 0 Å². The van der Waals surface area contributed by atoms with Crippen molar-refractivity contribution in [3.63, 3.8) is 0 Å². The van der Waals surface area contributed by atoms with Gasteiger partial charge >= 0.3 is 11.9 Å². The van der Waals surface area contributed by atoms with Gasteiger partial charge in [0, 0.05) is 0 Å². The molecule has 2 unspecified atom stereocenters. The van der Waals surface area contributed by atoms with Gasteiger partial charge in [-0.15, -0.1) is 0 Å². The van der Waals surface area contributed by atoms with Crippen LogP contribution < -0.4 is 0 Å². The Balaban J connectivity index is 3.80. The standard InChI is InChI=1S/C16H30O4/c1-6-13(5)10-11-19-15(17)8-9-16(18)20-14(7-2)12(3)4/h12-14H,6-11H2,1-5H3. The minimum atomic E-state index is -0.317. The number of carbonyl (C=O) groups excluding carboxylic acids is 2. The van der Waals surface area contributed by atoms with Gasteiger partial charge in [0.1, 0.15) is 6.10 Å². The molecule has 0 aromatic rings. The molecule has 20 heavy (non-hydrogen) atoms. The summed E-state index contributed by atoms with van der Waals surface area (Å²) in [6.45, 7) is 10.7. The van der Waals surface area contributed by atoms with Crippen molar-refractivity contribution in [1.82, 2.24) is 0 Å². The molecular formula is C16H30O4. The highest BCUT2D eigenvalue weighted by atomic mass is 16.5. The number of hydrogen-bond donors (Lipinski definition) is 0. The lowest BCUT2D eigenvalue weighted by Gasteiger charge is -2.19. The van der Waals surface area contributed by atoms with Gasteiger partial charge in [0.2, 0.25) is 0 Å². The summed E-state index contributed by atoms with van der Waals surface area (Å²) < 4.78 is 10.4. The van der Waals surface area contributed by atoms with Crippen molar-refractivity contribution in [1.29, 1.82) is 0 Å². The van der Waals surface area contributed by atoms with E-state index in [1.165, 1.54) is 0 Å². The van der Waals surface area contributed by atoms with Crippen LogP contribution in [0.5, 0.6) is 0 Å². The molecule has 0 aromatic carbocycles. The van der Waals surface area contributed by atoms with Crippen LogP contribution in [-0.2, 0) is 19.1 Å². The fraction of sp³-hybridized carbons (Fsp3) is 0.875. The highest BCUT2D eigenvalue weighted by Crippen LogP contribution is 2.12. The lowest BCUT2D eigenvalue weighted by molar-refractivity contribution is -0.155. The summed E-state index contributed by atoms with van der Waals surface area (Å²) in [4.78, 5) is 23.1. The molecule has 0 saturated heterocycles. The molecule has 0 N–H and O–H groups in total. The number of hydrogen-bond acceptors (Lipinski definition) is 4. The van der Waals surface area contributed by atoms with E-state index in [4.69, 9.17) is 9.47 Å². The van der Waals surface area contributed by atoms with E-state index in [0.29, 0.717) is 18.4 Å². The van der Waals surface area contributed by atoms with E-state index < -0.39 is 0 Å². The van der Waals surface area contributed by atoms with Gasteiger partial charge in [-0.3, -0.25) is 9.59 Å². The summed E-state index contributed by atoms with van der Waals surface area (Å²) in [5.74, 6) is 0.225. The Morgan fingerprint density at radius 1 is 0.950 bits per heavy atom. The lowest BCUT2D eigenvalue weighted by Crippen LogP contribution is -2.23. The summed E-state index contributed by atoms with van der Waals surface area (Å²) in [6, 6.07) is 0. The topological polar surface area (TPSA) is 52.6 Å². The second-order valence-corrected chi connectivity index (χ2v) is 5.70. The van der Waals surface area contributed by atoms with Crippen LogP contribution in [0, 0.1) is 11.8 Å². The Morgan fingerprint density at radius 3 is 2.05 bits per heavy atom. The van der Waals surface area contributed by atoms with E-state index in [-0.39, 0.29) is 30.9 Å². The van der Waals surface area contributed by atoms with Crippen LogP contribution in [0.4, 0.5) is 0 Å². The van der Waals surface area contributed by atoms with Crippen LogP contribution in [0.15, 0.2) is 0 Å². The van der Waals surface area contributed by atoms with Gasteiger partial charge in [0.15, 0.2) is 0 Å². The molecule has 0 fully saturated rings. The van der Waals surface area contributed by atoms with Crippen molar-refractivity contribution in [2.45, 2.75) is 72.8 Å². The molecule has 0 heterocycles. The predicted molar refractivity (Wildman–Crippen MR) is 79.3 cm³/mol. The maximum atomic E-state index is 11.6. The van der Waals surface area contributed by atoms with Gasteiger partial charge in [-0.05, 0) is 24.7 Å². The largest absolute Gasteiger partial charge is 0.466 e. The summed E-state index contributed by atoms with van der Waals surface area (Å²) in [5, 5.41) is 0. The molecular weight excluding hydrogens is 256 g/mol. The van der Waals surface area contributed by atoms with E-state index >= 15 is 0 Å². The third-order valence-electron chi connectivity index (χ3n) is 3.53. The molecule has 0 bridgehead atoms. The zero-order chi connectivity index (χ0) is 15.5. The first-order chi connectivity index (χ1) is 9.40. The SMILES string of the molecule is CCC(C)CCOC(=O)CCC(=O)OC(CC)C(C)C. The Labute approximate surface area is 123 Å². The van der Waals surface area contributed by atoms with Crippen LogP contribution in [0.3, 0.4) is 0 Å². The van der Waals surface area contributed by atoms with E-state index in [1.807, 2.05) is 20.8 Å². The molecule has 0 aromatic heterocycles. The van der Waals surface area contributed by atoms with Gasteiger partial charge in [0.05, 0.1) is 19.4 Å². The van der Waals surface area contributed by atoms with Crippen LogP contribution in [0.1, 0.15) is 66.7 Å². The number of esters is 2. The lowest BCUT2D eigenvalue weighted by atomic mass is 10.1.